The number of benzene rings is 1. The van der Waals surface area contributed by atoms with Gasteiger partial charge in [0.1, 0.15) is 5.75 Å². The Labute approximate surface area is 168 Å². The van der Waals surface area contributed by atoms with E-state index in [0.717, 1.165) is 5.75 Å². The lowest BCUT2D eigenvalue weighted by atomic mass is 10.2. The van der Waals surface area contributed by atoms with E-state index < -0.39 is 0 Å². The third-order valence-electron chi connectivity index (χ3n) is 4.68. The fraction of sp³-hybridized carbons (Fsp3) is 0.286. The smallest absolute Gasteiger partial charge is 0.290 e. The second kappa shape index (κ2) is 8.32. The van der Waals surface area contributed by atoms with Gasteiger partial charge in [0.2, 0.25) is 5.82 Å². The maximum atomic E-state index is 12.9. The van der Waals surface area contributed by atoms with Crippen LogP contribution in [0, 0.1) is 0 Å². The molecule has 3 aromatic rings. The first-order valence-corrected chi connectivity index (χ1v) is 9.55. The zero-order chi connectivity index (χ0) is 20.2. The van der Waals surface area contributed by atoms with E-state index in [1.54, 1.807) is 51.9 Å². The van der Waals surface area contributed by atoms with Gasteiger partial charge < -0.3 is 19.7 Å². The minimum Gasteiger partial charge on any atom is -0.494 e. The van der Waals surface area contributed by atoms with Crippen molar-refractivity contribution in [3.63, 3.8) is 0 Å². The molecular formula is C21H22N4O4. The Kier molecular flexibility index (Phi) is 5.44. The summed E-state index contributed by atoms with van der Waals surface area (Å²) in [4.78, 5) is 31.9. The monoisotopic (exact) mass is 394 g/mol. The summed E-state index contributed by atoms with van der Waals surface area (Å²) in [6.07, 6.45) is 1.74. The predicted molar refractivity (Wildman–Crippen MR) is 107 cm³/mol. The van der Waals surface area contributed by atoms with Gasteiger partial charge in [-0.2, -0.15) is 0 Å². The third-order valence-corrected chi connectivity index (χ3v) is 4.68. The Balaban J connectivity index is 1.61. The summed E-state index contributed by atoms with van der Waals surface area (Å²) in [6, 6.07) is 12.5. The van der Waals surface area contributed by atoms with Crippen LogP contribution in [0.1, 0.15) is 28.0 Å². The molecule has 8 nitrogen and oxygen atoms in total. The second-order valence-electron chi connectivity index (χ2n) is 6.56. The van der Waals surface area contributed by atoms with Gasteiger partial charge in [-0.15, -0.1) is 0 Å². The largest absolute Gasteiger partial charge is 0.494 e. The molecule has 4 rings (SSSR count). The van der Waals surface area contributed by atoms with Crippen LogP contribution < -0.4 is 10.1 Å². The lowest BCUT2D eigenvalue weighted by Crippen LogP contribution is -2.41. The van der Waals surface area contributed by atoms with E-state index in [4.69, 9.17) is 9.47 Å². The average Bonchev–Trinajstić information content (AvgIpc) is 3.15. The summed E-state index contributed by atoms with van der Waals surface area (Å²) >= 11 is 0. The van der Waals surface area contributed by atoms with Gasteiger partial charge in [-0.1, -0.05) is 6.07 Å². The van der Waals surface area contributed by atoms with Crippen LogP contribution in [0.5, 0.6) is 5.75 Å². The van der Waals surface area contributed by atoms with Gasteiger partial charge >= 0.3 is 0 Å². The van der Waals surface area contributed by atoms with Crippen molar-refractivity contribution >= 4 is 23.0 Å². The highest BCUT2D eigenvalue weighted by molar-refractivity contribution is 6.09. The van der Waals surface area contributed by atoms with Gasteiger partial charge in [-0.05, 0) is 43.3 Å². The minimum absolute atomic E-state index is 0.205. The molecule has 3 heterocycles. The maximum Gasteiger partial charge on any atom is 0.290 e. The molecule has 0 unspecified atom stereocenters. The minimum atomic E-state index is -0.376. The van der Waals surface area contributed by atoms with Crippen LogP contribution in [0.3, 0.4) is 0 Å². The van der Waals surface area contributed by atoms with Crippen molar-refractivity contribution in [2.75, 3.05) is 38.2 Å². The molecule has 0 spiro atoms. The Hall–Kier alpha value is -3.39. The Morgan fingerprint density at radius 2 is 1.90 bits per heavy atom. The number of amides is 2. The molecule has 8 heteroatoms. The van der Waals surface area contributed by atoms with Crippen molar-refractivity contribution in [1.29, 1.82) is 0 Å². The molecule has 1 N–H and O–H groups in total. The van der Waals surface area contributed by atoms with E-state index in [9.17, 15) is 9.59 Å². The van der Waals surface area contributed by atoms with Crippen molar-refractivity contribution in [2.24, 2.45) is 0 Å². The molecule has 1 aromatic carbocycles. The number of rotatable bonds is 5. The van der Waals surface area contributed by atoms with Crippen molar-refractivity contribution in [3.05, 3.63) is 60.2 Å². The van der Waals surface area contributed by atoms with Crippen LogP contribution in [0.25, 0.3) is 5.52 Å². The third kappa shape index (κ3) is 3.93. The second-order valence-corrected chi connectivity index (χ2v) is 6.56. The molecular weight excluding hydrogens is 372 g/mol. The molecule has 0 bridgehead atoms. The molecule has 0 atom stereocenters. The fourth-order valence-electron chi connectivity index (χ4n) is 3.26. The summed E-state index contributed by atoms with van der Waals surface area (Å²) in [6.45, 7) is 4.50. The SMILES string of the molecule is CCOc1ccc(NC(=O)c2nc(C(=O)N3CCOCC3)n3ccccc23)cc1. The average molecular weight is 394 g/mol. The van der Waals surface area contributed by atoms with Crippen LogP contribution in [0.2, 0.25) is 0 Å². The Morgan fingerprint density at radius 1 is 1.14 bits per heavy atom. The Bertz CT molecular complexity index is 1020. The number of fused-ring (bicyclic) bond motifs is 1. The van der Waals surface area contributed by atoms with Gasteiger partial charge in [0.15, 0.2) is 5.69 Å². The molecule has 0 aliphatic carbocycles. The predicted octanol–water partition coefficient (Wildman–Crippen LogP) is 2.46. The van der Waals surface area contributed by atoms with E-state index in [2.05, 4.69) is 10.3 Å². The van der Waals surface area contributed by atoms with Gasteiger partial charge in [0, 0.05) is 25.0 Å². The quantitative estimate of drug-likeness (QED) is 0.719. The molecule has 29 heavy (non-hydrogen) atoms. The molecule has 0 radical (unpaired) electrons. The number of carbonyl (C=O) groups is 2. The van der Waals surface area contributed by atoms with Crippen molar-refractivity contribution in [2.45, 2.75) is 6.92 Å². The van der Waals surface area contributed by atoms with E-state index >= 15 is 0 Å². The first-order chi connectivity index (χ1) is 14.2. The van der Waals surface area contributed by atoms with Crippen LogP contribution >= 0.6 is 0 Å². The highest BCUT2D eigenvalue weighted by atomic mass is 16.5. The molecule has 1 aliphatic heterocycles. The summed E-state index contributed by atoms with van der Waals surface area (Å²) < 4.78 is 12.4. The number of morpholine rings is 1. The fourth-order valence-corrected chi connectivity index (χ4v) is 3.26. The normalized spacial score (nSPS) is 14.0. The molecule has 1 aliphatic rings. The van der Waals surface area contributed by atoms with Gasteiger partial charge in [-0.25, -0.2) is 4.98 Å². The zero-order valence-corrected chi connectivity index (χ0v) is 16.1. The van der Waals surface area contributed by atoms with E-state index in [1.165, 1.54) is 0 Å². The molecule has 2 aromatic heterocycles. The van der Waals surface area contributed by atoms with E-state index in [-0.39, 0.29) is 23.3 Å². The van der Waals surface area contributed by atoms with Gasteiger partial charge in [0.05, 0.1) is 25.3 Å². The number of aromatic nitrogens is 2. The molecule has 150 valence electrons. The van der Waals surface area contributed by atoms with Gasteiger partial charge in [-0.3, -0.25) is 14.0 Å². The lowest BCUT2D eigenvalue weighted by Gasteiger charge is -2.26. The zero-order valence-electron chi connectivity index (χ0n) is 16.1. The van der Waals surface area contributed by atoms with Crippen LogP contribution in [-0.4, -0.2) is 59.0 Å². The van der Waals surface area contributed by atoms with E-state index in [1.807, 2.05) is 13.0 Å². The van der Waals surface area contributed by atoms with Crippen LogP contribution in [-0.2, 0) is 4.74 Å². The van der Waals surface area contributed by atoms with E-state index in [0.29, 0.717) is 44.1 Å². The standard InChI is InChI=1S/C21H22N4O4/c1-2-29-16-8-6-15(7-9-16)22-20(26)18-17-5-3-4-10-25(17)19(23-18)21(27)24-11-13-28-14-12-24/h3-10H,2,11-14H2,1H3,(H,22,26). The van der Waals surface area contributed by atoms with Crippen LogP contribution in [0.4, 0.5) is 5.69 Å². The van der Waals surface area contributed by atoms with Crippen molar-refractivity contribution < 1.29 is 19.1 Å². The summed E-state index contributed by atoms with van der Waals surface area (Å²) in [5.74, 6) is 0.365. The summed E-state index contributed by atoms with van der Waals surface area (Å²) in [7, 11) is 0. The van der Waals surface area contributed by atoms with Crippen molar-refractivity contribution in [1.82, 2.24) is 14.3 Å². The molecule has 2 amide bonds. The maximum absolute atomic E-state index is 12.9. The first-order valence-electron chi connectivity index (χ1n) is 9.55. The Morgan fingerprint density at radius 3 is 2.62 bits per heavy atom. The first kappa shape index (κ1) is 18.9. The molecule has 0 saturated carbocycles. The molecule has 1 fully saturated rings. The lowest BCUT2D eigenvalue weighted by molar-refractivity contribution is 0.0294. The van der Waals surface area contributed by atoms with Crippen LogP contribution in [0.15, 0.2) is 48.7 Å². The highest BCUT2D eigenvalue weighted by Crippen LogP contribution is 2.19. The van der Waals surface area contributed by atoms with Crippen molar-refractivity contribution in [3.8, 4) is 5.75 Å². The number of imidazole rings is 1. The number of hydrogen-bond donors (Lipinski definition) is 1. The topological polar surface area (TPSA) is 85.2 Å². The highest BCUT2D eigenvalue weighted by Gasteiger charge is 2.26. The number of ether oxygens (including phenoxy) is 2. The number of pyridine rings is 1. The summed E-state index contributed by atoms with van der Waals surface area (Å²) in [5.41, 5.74) is 1.40. The number of carbonyl (C=O) groups excluding carboxylic acids is 2. The number of nitrogens with zero attached hydrogens (tertiary/aromatic N) is 3. The number of hydrogen-bond acceptors (Lipinski definition) is 5. The number of anilines is 1. The summed E-state index contributed by atoms with van der Waals surface area (Å²) in [5, 5.41) is 2.84. The molecule has 1 saturated heterocycles. The number of nitrogens with one attached hydrogen (secondary N) is 1. The van der Waals surface area contributed by atoms with Gasteiger partial charge in [0.25, 0.3) is 11.8 Å².